The van der Waals surface area contributed by atoms with Crippen LogP contribution in [-0.4, -0.2) is 17.6 Å². The van der Waals surface area contributed by atoms with Crippen molar-refractivity contribution in [2.24, 2.45) is 0 Å². The summed E-state index contributed by atoms with van der Waals surface area (Å²) in [4.78, 5) is 15.7. The number of unbranched alkanes of at least 4 members (excludes halogenated alkanes) is 1. The van der Waals surface area contributed by atoms with Crippen LogP contribution in [0.3, 0.4) is 0 Å². The standard InChI is InChI=1S/C13H21N3O/c1-3-5-8-15-13(17)16-10-12-11(4-2)7-6-9-14-12/h6-7,9H,3-5,8,10H2,1-2H3,(H2,15,16,17). The second kappa shape index (κ2) is 7.65. The summed E-state index contributed by atoms with van der Waals surface area (Å²) >= 11 is 0. The Labute approximate surface area is 103 Å². The lowest BCUT2D eigenvalue weighted by Crippen LogP contribution is -2.35. The molecule has 1 heterocycles. The largest absolute Gasteiger partial charge is 0.338 e. The molecule has 2 N–H and O–H groups in total. The third-order valence-corrected chi connectivity index (χ3v) is 2.60. The molecular formula is C13H21N3O. The van der Waals surface area contributed by atoms with Crippen LogP contribution in [0.5, 0.6) is 0 Å². The third kappa shape index (κ3) is 4.85. The number of hydrogen-bond acceptors (Lipinski definition) is 2. The topological polar surface area (TPSA) is 54.0 Å². The van der Waals surface area contributed by atoms with Crippen molar-refractivity contribution in [2.45, 2.75) is 39.7 Å². The van der Waals surface area contributed by atoms with Crippen molar-refractivity contribution >= 4 is 6.03 Å². The average Bonchev–Trinajstić information content (AvgIpc) is 2.37. The number of carbonyl (C=O) groups excluding carboxylic acids is 1. The van der Waals surface area contributed by atoms with Crippen molar-refractivity contribution in [3.8, 4) is 0 Å². The summed E-state index contributed by atoms with van der Waals surface area (Å²) < 4.78 is 0. The van der Waals surface area contributed by atoms with Gasteiger partial charge in [0.05, 0.1) is 12.2 Å². The molecule has 17 heavy (non-hydrogen) atoms. The molecule has 0 saturated carbocycles. The number of hydrogen-bond donors (Lipinski definition) is 2. The zero-order valence-corrected chi connectivity index (χ0v) is 10.6. The number of aryl methyl sites for hydroxylation is 1. The van der Waals surface area contributed by atoms with Crippen LogP contribution in [0.15, 0.2) is 18.3 Å². The Morgan fingerprint density at radius 1 is 1.35 bits per heavy atom. The first-order valence-electron chi connectivity index (χ1n) is 6.22. The van der Waals surface area contributed by atoms with Crippen LogP contribution < -0.4 is 10.6 Å². The number of urea groups is 1. The summed E-state index contributed by atoms with van der Waals surface area (Å²) in [7, 11) is 0. The molecular weight excluding hydrogens is 214 g/mol. The first-order valence-corrected chi connectivity index (χ1v) is 6.22. The number of nitrogens with one attached hydrogen (secondary N) is 2. The summed E-state index contributed by atoms with van der Waals surface area (Å²) in [5.74, 6) is 0. The van der Waals surface area contributed by atoms with Crippen molar-refractivity contribution in [3.63, 3.8) is 0 Å². The van der Waals surface area contributed by atoms with Crippen LogP contribution in [0, 0.1) is 0 Å². The van der Waals surface area contributed by atoms with Crippen molar-refractivity contribution in [3.05, 3.63) is 29.6 Å². The molecule has 0 aromatic carbocycles. The molecule has 0 fully saturated rings. The van der Waals surface area contributed by atoms with Gasteiger partial charge in [0.2, 0.25) is 0 Å². The Kier molecular flexibility index (Phi) is 6.07. The number of nitrogens with zero attached hydrogens (tertiary/aromatic N) is 1. The van der Waals surface area contributed by atoms with Crippen molar-refractivity contribution < 1.29 is 4.79 Å². The maximum absolute atomic E-state index is 11.4. The van der Waals surface area contributed by atoms with Gasteiger partial charge in [-0.05, 0) is 24.5 Å². The molecule has 1 rings (SSSR count). The van der Waals surface area contributed by atoms with E-state index in [0.29, 0.717) is 6.54 Å². The molecule has 2 amide bonds. The van der Waals surface area contributed by atoms with E-state index in [4.69, 9.17) is 0 Å². The van der Waals surface area contributed by atoms with E-state index in [1.54, 1.807) is 6.20 Å². The second-order valence-electron chi connectivity index (χ2n) is 3.93. The quantitative estimate of drug-likeness (QED) is 0.743. The van der Waals surface area contributed by atoms with E-state index >= 15 is 0 Å². The fourth-order valence-corrected chi connectivity index (χ4v) is 1.56. The minimum Gasteiger partial charge on any atom is -0.338 e. The van der Waals surface area contributed by atoms with Gasteiger partial charge in [0, 0.05) is 12.7 Å². The monoisotopic (exact) mass is 235 g/mol. The lowest BCUT2D eigenvalue weighted by Gasteiger charge is -2.09. The lowest BCUT2D eigenvalue weighted by molar-refractivity contribution is 0.240. The van der Waals surface area contributed by atoms with Crippen LogP contribution in [0.1, 0.15) is 37.9 Å². The van der Waals surface area contributed by atoms with E-state index in [9.17, 15) is 4.79 Å². The molecule has 0 aliphatic carbocycles. The molecule has 4 heteroatoms. The van der Waals surface area contributed by atoms with Crippen LogP contribution in [-0.2, 0) is 13.0 Å². The maximum Gasteiger partial charge on any atom is 0.315 e. The highest BCUT2D eigenvalue weighted by Gasteiger charge is 2.03. The van der Waals surface area contributed by atoms with Gasteiger partial charge >= 0.3 is 6.03 Å². The first-order chi connectivity index (χ1) is 8.27. The molecule has 0 atom stereocenters. The minimum atomic E-state index is -0.119. The highest BCUT2D eigenvalue weighted by molar-refractivity contribution is 5.73. The molecule has 0 bridgehead atoms. The van der Waals surface area contributed by atoms with Gasteiger partial charge in [0.15, 0.2) is 0 Å². The molecule has 0 unspecified atom stereocenters. The van der Waals surface area contributed by atoms with Gasteiger partial charge in [-0.3, -0.25) is 4.98 Å². The Bertz CT molecular complexity index is 352. The van der Waals surface area contributed by atoms with Gasteiger partial charge in [0.25, 0.3) is 0 Å². The fourth-order valence-electron chi connectivity index (χ4n) is 1.56. The number of pyridine rings is 1. The summed E-state index contributed by atoms with van der Waals surface area (Å²) in [6.07, 6.45) is 4.78. The fraction of sp³-hybridized carbons (Fsp3) is 0.538. The van der Waals surface area contributed by atoms with Crippen molar-refractivity contribution in [1.82, 2.24) is 15.6 Å². The molecule has 0 aliphatic rings. The highest BCUT2D eigenvalue weighted by atomic mass is 16.2. The number of carbonyl (C=O) groups is 1. The second-order valence-corrected chi connectivity index (χ2v) is 3.93. The zero-order valence-electron chi connectivity index (χ0n) is 10.6. The van der Waals surface area contributed by atoms with Gasteiger partial charge < -0.3 is 10.6 Å². The highest BCUT2D eigenvalue weighted by Crippen LogP contribution is 2.05. The SMILES string of the molecule is CCCCNC(=O)NCc1ncccc1CC. The summed E-state index contributed by atoms with van der Waals surface area (Å²) in [5, 5.41) is 5.63. The Balaban J connectivity index is 2.36. The minimum absolute atomic E-state index is 0.119. The van der Waals surface area contributed by atoms with E-state index in [1.807, 2.05) is 12.1 Å². The summed E-state index contributed by atoms with van der Waals surface area (Å²) in [5.41, 5.74) is 2.13. The average molecular weight is 235 g/mol. The molecule has 0 spiro atoms. The molecule has 4 nitrogen and oxygen atoms in total. The molecule has 1 aromatic rings. The Morgan fingerprint density at radius 3 is 2.88 bits per heavy atom. The molecule has 0 saturated heterocycles. The maximum atomic E-state index is 11.4. The van der Waals surface area contributed by atoms with E-state index in [0.717, 1.165) is 31.5 Å². The Hall–Kier alpha value is -1.58. The summed E-state index contributed by atoms with van der Waals surface area (Å²) in [6.45, 7) is 5.40. The van der Waals surface area contributed by atoms with Crippen LogP contribution in [0.2, 0.25) is 0 Å². The van der Waals surface area contributed by atoms with Crippen LogP contribution in [0.25, 0.3) is 0 Å². The normalized spacial score (nSPS) is 10.0. The van der Waals surface area contributed by atoms with Gasteiger partial charge in [-0.25, -0.2) is 4.79 Å². The molecule has 0 radical (unpaired) electrons. The number of amides is 2. The van der Waals surface area contributed by atoms with E-state index in [-0.39, 0.29) is 6.03 Å². The number of rotatable bonds is 6. The van der Waals surface area contributed by atoms with E-state index in [1.165, 1.54) is 5.56 Å². The Morgan fingerprint density at radius 2 is 2.18 bits per heavy atom. The molecule has 94 valence electrons. The predicted molar refractivity (Wildman–Crippen MR) is 68.8 cm³/mol. The zero-order chi connectivity index (χ0) is 12.5. The van der Waals surface area contributed by atoms with Crippen LogP contribution >= 0.6 is 0 Å². The molecule has 1 aromatic heterocycles. The number of aromatic nitrogens is 1. The van der Waals surface area contributed by atoms with E-state index in [2.05, 4.69) is 29.5 Å². The van der Waals surface area contributed by atoms with Crippen LogP contribution in [0.4, 0.5) is 4.79 Å². The van der Waals surface area contributed by atoms with Crippen molar-refractivity contribution in [1.29, 1.82) is 0 Å². The first kappa shape index (κ1) is 13.5. The summed E-state index contributed by atoms with van der Waals surface area (Å²) in [6, 6.07) is 3.84. The van der Waals surface area contributed by atoms with Gasteiger partial charge in [-0.2, -0.15) is 0 Å². The lowest BCUT2D eigenvalue weighted by atomic mass is 10.1. The smallest absolute Gasteiger partial charge is 0.315 e. The predicted octanol–water partition coefficient (Wildman–Crippen LogP) is 2.24. The van der Waals surface area contributed by atoms with Gasteiger partial charge in [-0.15, -0.1) is 0 Å². The van der Waals surface area contributed by atoms with E-state index < -0.39 is 0 Å². The molecule has 0 aliphatic heterocycles. The van der Waals surface area contributed by atoms with Crippen molar-refractivity contribution in [2.75, 3.05) is 6.54 Å². The third-order valence-electron chi connectivity index (χ3n) is 2.60. The van der Waals surface area contributed by atoms with Gasteiger partial charge in [-0.1, -0.05) is 26.3 Å². The van der Waals surface area contributed by atoms with Gasteiger partial charge in [0.1, 0.15) is 0 Å².